The van der Waals surface area contributed by atoms with Gasteiger partial charge in [0.25, 0.3) is 0 Å². The molecule has 5 rings (SSSR count). The van der Waals surface area contributed by atoms with E-state index in [0.717, 1.165) is 46.5 Å². The first kappa shape index (κ1) is 15.3. The fourth-order valence-corrected chi connectivity index (χ4v) is 3.35. The fourth-order valence-electron chi connectivity index (χ4n) is 3.22. The minimum Gasteiger partial charge on any atom is -0.368 e. The highest BCUT2D eigenvalue weighted by Gasteiger charge is 2.30. The van der Waals surface area contributed by atoms with Gasteiger partial charge in [0, 0.05) is 34.6 Å². The van der Waals surface area contributed by atoms with Gasteiger partial charge in [0.15, 0.2) is 5.65 Å². The molecule has 26 heavy (non-hydrogen) atoms. The van der Waals surface area contributed by atoms with Crippen molar-refractivity contribution in [2.75, 3.05) is 5.73 Å². The van der Waals surface area contributed by atoms with Crippen LogP contribution in [0, 0.1) is 0 Å². The number of halogens is 1. The molecule has 1 aromatic carbocycles. The molecule has 1 saturated carbocycles. The Hall–Kier alpha value is -2.99. The molecule has 3 heterocycles. The van der Waals surface area contributed by atoms with Crippen molar-refractivity contribution in [3.05, 3.63) is 53.9 Å². The molecule has 0 saturated heterocycles. The van der Waals surface area contributed by atoms with Crippen LogP contribution in [0.3, 0.4) is 0 Å². The van der Waals surface area contributed by atoms with Crippen molar-refractivity contribution in [1.82, 2.24) is 24.5 Å². The maximum Gasteiger partial charge on any atom is 0.222 e. The van der Waals surface area contributed by atoms with Gasteiger partial charge in [-0.15, -0.1) is 0 Å². The van der Waals surface area contributed by atoms with Crippen molar-refractivity contribution in [1.29, 1.82) is 0 Å². The molecule has 2 N–H and O–H groups in total. The van der Waals surface area contributed by atoms with Gasteiger partial charge >= 0.3 is 0 Å². The number of nitrogens with zero attached hydrogens (tertiary/aromatic N) is 5. The van der Waals surface area contributed by atoms with Crippen LogP contribution in [0.25, 0.3) is 33.7 Å². The highest BCUT2D eigenvalue weighted by Crippen LogP contribution is 2.42. The zero-order chi connectivity index (χ0) is 17.7. The summed E-state index contributed by atoms with van der Waals surface area (Å²) in [6.45, 7) is 0. The predicted molar refractivity (Wildman–Crippen MR) is 102 cm³/mol. The number of fused-ring (bicyclic) bond motifs is 1. The maximum atomic E-state index is 6.04. The van der Waals surface area contributed by atoms with Crippen LogP contribution >= 0.6 is 11.6 Å². The van der Waals surface area contributed by atoms with E-state index in [2.05, 4.69) is 19.5 Å². The van der Waals surface area contributed by atoms with Crippen molar-refractivity contribution in [3.63, 3.8) is 0 Å². The van der Waals surface area contributed by atoms with Crippen molar-refractivity contribution in [2.45, 2.75) is 18.9 Å². The van der Waals surface area contributed by atoms with Gasteiger partial charge < -0.3 is 10.3 Å². The summed E-state index contributed by atoms with van der Waals surface area (Å²) in [4.78, 5) is 17.6. The summed E-state index contributed by atoms with van der Waals surface area (Å²) in [5.74, 6) is 1.13. The second-order valence-corrected chi connectivity index (χ2v) is 6.84. The Morgan fingerprint density at radius 1 is 1.00 bits per heavy atom. The number of hydrogen-bond acceptors (Lipinski definition) is 5. The normalized spacial score (nSPS) is 14.0. The third-order valence-corrected chi connectivity index (χ3v) is 4.83. The van der Waals surface area contributed by atoms with Gasteiger partial charge in [-0.1, -0.05) is 23.7 Å². The maximum absolute atomic E-state index is 6.04. The Kier molecular flexibility index (Phi) is 3.39. The third-order valence-electron chi connectivity index (χ3n) is 4.58. The average Bonchev–Trinajstić information content (AvgIpc) is 3.43. The number of nitrogens with two attached hydrogens (primary N) is 1. The summed E-state index contributed by atoms with van der Waals surface area (Å²) < 4.78 is 2.18. The second-order valence-electron chi connectivity index (χ2n) is 6.40. The summed E-state index contributed by atoms with van der Waals surface area (Å²) in [7, 11) is 0. The van der Waals surface area contributed by atoms with E-state index in [0.29, 0.717) is 11.1 Å². The molecule has 0 aliphatic heterocycles. The van der Waals surface area contributed by atoms with Gasteiger partial charge in [-0.2, -0.15) is 4.98 Å². The molecule has 0 atom stereocenters. The number of aromatic nitrogens is 5. The van der Waals surface area contributed by atoms with Crippen molar-refractivity contribution in [2.24, 2.45) is 0 Å². The van der Waals surface area contributed by atoms with E-state index >= 15 is 0 Å². The van der Waals surface area contributed by atoms with Crippen LogP contribution in [0.15, 0.2) is 48.9 Å². The molecule has 1 aliphatic rings. The topological polar surface area (TPSA) is 82.5 Å². The van der Waals surface area contributed by atoms with Crippen LogP contribution in [0.4, 0.5) is 5.95 Å². The molecule has 0 amide bonds. The minimum atomic E-state index is 0.263. The molecule has 0 radical (unpaired) electrons. The van der Waals surface area contributed by atoms with Gasteiger partial charge in [-0.05, 0) is 36.6 Å². The van der Waals surface area contributed by atoms with Gasteiger partial charge in [-0.3, -0.25) is 4.98 Å². The predicted octanol–water partition coefficient (Wildman–Crippen LogP) is 4.13. The minimum absolute atomic E-state index is 0.263. The first-order chi connectivity index (χ1) is 12.7. The van der Waals surface area contributed by atoms with Crippen LogP contribution in [0.5, 0.6) is 0 Å². The molecule has 0 unspecified atom stereocenters. The summed E-state index contributed by atoms with van der Waals surface area (Å²) in [5.41, 5.74) is 10.4. The lowest BCUT2D eigenvalue weighted by molar-refractivity contribution is 0.766. The molecule has 4 aromatic rings. The molecule has 3 aromatic heterocycles. The van der Waals surface area contributed by atoms with E-state index in [9.17, 15) is 0 Å². The standard InChI is InChI=1S/C19H15ClN6/c20-12-3-1-11(2-4-12)15-9-22-8-7-14(15)17-24-16-10-23-19(21)25-18(16)26(17)13-5-6-13/h1-4,7-10,13H,5-6H2,(H2,21,23,25). The van der Waals surface area contributed by atoms with Crippen LogP contribution in [0.2, 0.25) is 5.02 Å². The SMILES string of the molecule is Nc1ncc2nc(-c3ccncc3-c3ccc(Cl)cc3)n(C3CC3)c2n1. The fraction of sp³-hybridized carbons (Fsp3) is 0.158. The van der Waals surface area contributed by atoms with E-state index in [1.165, 1.54) is 0 Å². The molecular weight excluding hydrogens is 348 g/mol. The molecule has 128 valence electrons. The monoisotopic (exact) mass is 362 g/mol. The lowest BCUT2D eigenvalue weighted by Gasteiger charge is -2.11. The van der Waals surface area contributed by atoms with Gasteiger partial charge in [-0.25, -0.2) is 9.97 Å². The Morgan fingerprint density at radius 3 is 2.58 bits per heavy atom. The van der Waals surface area contributed by atoms with Crippen LogP contribution < -0.4 is 5.73 Å². The number of pyridine rings is 1. The van der Waals surface area contributed by atoms with Crippen molar-refractivity contribution >= 4 is 28.7 Å². The van der Waals surface area contributed by atoms with E-state index in [1.54, 1.807) is 12.4 Å². The third kappa shape index (κ3) is 2.50. The Labute approximate surface area is 154 Å². The van der Waals surface area contributed by atoms with Crippen molar-refractivity contribution in [3.8, 4) is 22.5 Å². The zero-order valence-electron chi connectivity index (χ0n) is 13.8. The summed E-state index contributed by atoms with van der Waals surface area (Å²) in [5, 5.41) is 0.704. The zero-order valence-corrected chi connectivity index (χ0v) is 14.6. The molecule has 0 bridgehead atoms. The highest BCUT2D eigenvalue weighted by atomic mass is 35.5. The first-order valence-electron chi connectivity index (χ1n) is 8.41. The van der Waals surface area contributed by atoms with E-state index < -0.39 is 0 Å². The highest BCUT2D eigenvalue weighted by molar-refractivity contribution is 6.30. The molecular formula is C19H15ClN6. The van der Waals surface area contributed by atoms with Gasteiger partial charge in [0.05, 0.1) is 6.20 Å². The smallest absolute Gasteiger partial charge is 0.222 e. The lowest BCUT2D eigenvalue weighted by atomic mass is 10.0. The van der Waals surface area contributed by atoms with E-state index in [-0.39, 0.29) is 5.95 Å². The number of hydrogen-bond donors (Lipinski definition) is 1. The number of benzene rings is 1. The summed E-state index contributed by atoms with van der Waals surface area (Å²) >= 11 is 6.04. The molecule has 0 spiro atoms. The summed E-state index contributed by atoms with van der Waals surface area (Å²) in [6.07, 6.45) is 7.55. The Morgan fingerprint density at radius 2 is 1.81 bits per heavy atom. The summed E-state index contributed by atoms with van der Waals surface area (Å²) in [6, 6.07) is 10.1. The quantitative estimate of drug-likeness (QED) is 0.592. The second kappa shape index (κ2) is 5.78. The number of imidazole rings is 1. The number of rotatable bonds is 3. The first-order valence-corrected chi connectivity index (χ1v) is 8.79. The number of nitrogen functional groups attached to an aromatic ring is 1. The van der Waals surface area contributed by atoms with E-state index in [4.69, 9.17) is 22.3 Å². The number of anilines is 1. The molecule has 6 nitrogen and oxygen atoms in total. The van der Waals surface area contributed by atoms with Crippen LogP contribution in [0.1, 0.15) is 18.9 Å². The van der Waals surface area contributed by atoms with Gasteiger partial charge in [0.1, 0.15) is 11.3 Å². The Balaban J connectivity index is 1.76. The molecule has 1 aliphatic carbocycles. The Bertz CT molecular complexity index is 1110. The van der Waals surface area contributed by atoms with Crippen LogP contribution in [-0.2, 0) is 0 Å². The van der Waals surface area contributed by atoms with Crippen LogP contribution in [-0.4, -0.2) is 24.5 Å². The van der Waals surface area contributed by atoms with E-state index in [1.807, 2.05) is 36.5 Å². The average molecular weight is 363 g/mol. The molecule has 7 heteroatoms. The van der Waals surface area contributed by atoms with Crippen molar-refractivity contribution < 1.29 is 0 Å². The lowest BCUT2D eigenvalue weighted by Crippen LogP contribution is -2.02. The molecule has 1 fully saturated rings. The van der Waals surface area contributed by atoms with Gasteiger partial charge in [0.2, 0.25) is 5.95 Å². The largest absolute Gasteiger partial charge is 0.368 e.